The van der Waals surface area contributed by atoms with Crippen LogP contribution < -0.4 is 9.62 Å². The fourth-order valence-electron chi connectivity index (χ4n) is 3.90. The lowest BCUT2D eigenvalue weighted by atomic mass is 10.1. The van der Waals surface area contributed by atoms with Crippen LogP contribution in [0.15, 0.2) is 42.5 Å². The zero-order chi connectivity index (χ0) is 25.6. The van der Waals surface area contributed by atoms with Gasteiger partial charge in [-0.15, -0.1) is 0 Å². The summed E-state index contributed by atoms with van der Waals surface area (Å²) in [5, 5.41) is 2.89. The first-order chi connectivity index (χ1) is 15.8. The van der Waals surface area contributed by atoms with Crippen LogP contribution in [0.3, 0.4) is 0 Å². The Hall–Kier alpha value is -2.87. The number of hydrogen-bond donors (Lipinski definition) is 1. The third kappa shape index (κ3) is 7.58. The molecule has 2 aromatic carbocycles. The van der Waals surface area contributed by atoms with Gasteiger partial charge in [-0.2, -0.15) is 0 Å². The highest BCUT2D eigenvalue weighted by atomic mass is 32.2. The fraction of sp³-hybridized carbons (Fsp3) is 0.462. The van der Waals surface area contributed by atoms with E-state index in [1.807, 2.05) is 71.9 Å². The molecule has 1 N–H and O–H groups in total. The monoisotopic (exact) mass is 487 g/mol. The summed E-state index contributed by atoms with van der Waals surface area (Å²) in [6.45, 7) is 11.1. The highest BCUT2D eigenvalue weighted by molar-refractivity contribution is 7.92. The molecule has 0 spiro atoms. The Bertz CT molecular complexity index is 1090. The molecule has 2 rings (SSSR count). The van der Waals surface area contributed by atoms with Gasteiger partial charge >= 0.3 is 0 Å². The number of anilines is 1. The third-order valence-electron chi connectivity index (χ3n) is 5.46. The smallest absolute Gasteiger partial charge is 0.244 e. The number of aryl methyl sites for hydroxylation is 3. The molecule has 186 valence electrons. The average molecular weight is 488 g/mol. The molecule has 8 heteroatoms. The number of rotatable bonds is 10. The van der Waals surface area contributed by atoms with Crippen molar-refractivity contribution in [2.24, 2.45) is 0 Å². The van der Waals surface area contributed by atoms with E-state index >= 15 is 0 Å². The van der Waals surface area contributed by atoms with E-state index in [4.69, 9.17) is 0 Å². The molecule has 0 heterocycles. The first kappa shape index (κ1) is 27.4. The molecule has 7 nitrogen and oxygen atoms in total. The number of carbonyl (C=O) groups is 2. The van der Waals surface area contributed by atoms with E-state index in [0.29, 0.717) is 12.1 Å². The maximum Gasteiger partial charge on any atom is 0.244 e. The lowest BCUT2D eigenvalue weighted by Gasteiger charge is -2.33. The van der Waals surface area contributed by atoms with Crippen molar-refractivity contribution in [1.29, 1.82) is 0 Å². The number of sulfonamides is 1. The van der Waals surface area contributed by atoms with Crippen molar-refractivity contribution < 1.29 is 18.0 Å². The summed E-state index contributed by atoms with van der Waals surface area (Å²) >= 11 is 0. The van der Waals surface area contributed by atoms with Gasteiger partial charge in [-0.05, 0) is 69.9 Å². The van der Waals surface area contributed by atoms with E-state index in [1.165, 1.54) is 4.90 Å². The Morgan fingerprint density at radius 1 is 0.941 bits per heavy atom. The number of nitrogens with zero attached hydrogens (tertiary/aromatic N) is 2. The Morgan fingerprint density at radius 3 is 1.97 bits per heavy atom. The zero-order valence-electron chi connectivity index (χ0n) is 21.3. The number of benzene rings is 2. The minimum atomic E-state index is -3.74. The second-order valence-electron chi connectivity index (χ2n) is 9.21. The summed E-state index contributed by atoms with van der Waals surface area (Å²) in [5.74, 6) is -0.689. The number of amides is 2. The maximum atomic E-state index is 13.6. The first-order valence-corrected chi connectivity index (χ1v) is 13.4. The molecule has 0 aliphatic heterocycles. The summed E-state index contributed by atoms with van der Waals surface area (Å²) < 4.78 is 26.5. The van der Waals surface area contributed by atoms with Crippen molar-refractivity contribution >= 4 is 27.5 Å². The SMILES string of the molecule is CC[C@@H](C(=O)NC(C)C)N(Cc1ccc(C)cc1)C(=O)CN(c1cc(C)cc(C)c1)S(C)(=O)=O. The van der Waals surface area contributed by atoms with Crippen LogP contribution in [0.1, 0.15) is 49.4 Å². The molecule has 34 heavy (non-hydrogen) atoms. The van der Waals surface area contributed by atoms with Crippen LogP contribution in [0.2, 0.25) is 0 Å². The van der Waals surface area contributed by atoms with Crippen molar-refractivity contribution in [2.75, 3.05) is 17.1 Å². The van der Waals surface area contributed by atoms with Gasteiger partial charge in [0.05, 0.1) is 11.9 Å². The third-order valence-corrected chi connectivity index (χ3v) is 6.60. The van der Waals surface area contributed by atoms with E-state index < -0.39 is 22.0 Å². The van der Waals surface area contributed by atoms with Gasteiger partial charge in [-0.3, -0.25) is 13.9 Å². The van der Waals surface area contributed by atoms with Crippen molar-refractivity contribution in [3.8, 4) is 0 Å². The van der Waals surface area contributed by atoms with Gasteiger partial charge in [0.1, 0.15) is 12.6 Å². The standard InChI is InChI=1S/C26H37N3O4S/c1-8-24(26(31)27-18(2)3)28(16-22-11-9-19(4)10-12-22)25(30)17-29(34(7,32)33)23-14-20(5)13-21(6)15-23/h9-15,18,24H,8,16-17H2,1-7H3,(H,27,31)/t24-/m0/s1. The van der Waals surface area contributed by atoms with Gasteiger partial charge in [0.2, 0.25) is 21.8 Å². The molecule has 0 unspecified atom stereocenters. The molecule has 1 atom stereocenters. The maximum absolute atomic E-state index is 13.6. The number of carbonyl (C=O) groups excluding carboxylic acids is 2. The summed E-state index contributed by atoms with van der Waals surface area (Å²) in [7, 11) is -3.74. The minimum Gasteiger partial charge on any atom is -0.352 e. The van der Waals surface area contributed by atoms with Crippen LogP contribution in [0.4, 0.5) is 5.69 Å². The predicted molar refractivity (Wildman–Crippen MR) is 137 cm³/mol. The summed E-state index contributed by atoms with van der Waals surface area (Å²) in [4.78, 5) is 28.1. The van der Waals surface area contributed by atoms with Gasteiger partial charge in [0.25, 0.3) is 0 Å². The fourth-order valence-corrected chi connectivity index (χ4v) is 4.73. The highest BCUT2D eigenvalue weighted by Crippen LogP contribution is 2.22. The van der Waals surface area contributed by atoms with Gasteiger partial charge in [0, 0.05) is 12.6 Å². The molecule has 2 amide bonds. The van der Waals surface area contributed by atoms with Crippen LogP contribution in [-0.4, -0.2) is 50.0 Å². The van der Waals surface area contributed by atoms with Crippen molar-refractivity contribution in [1.82, 2.24) is 10.2 Å². The summed E-state index contributed by atoms with van der Waals surface area (Å²) in [6.07, 6.45) is 1.49. The Balaban J connectivity index is 2.46. The molecule has 0 aromatic heterocycles. The van der Waals surface area contributed by atoms with Gasteiger partial charge in [-0.1, -0.05) is 42.8 Å². The molecule has 0 fully saturated rings. The molecule has 0 bridgehead atoms. The molecule has 0 saturated heterocycles. The second-order valence-corrected chi connectivity index (χ2v) is 11.1. The van der Waals surface area contributed by atoms with Crippen LogP contribution in [0.25, 0.3) is 0 Å². The van der Waals surface area contributed by atoms with Gasteiger partial charge in [0.15, 0.2) is 0 Å². The van der Waals surface area contributed by atoms with Crippen molar-refractivity contribution in [3.63, 3.8) is 0 Å². The highest BCUT2D eigenvalue weighted by Gasteiger charge is 2.32. The minimum absolute atomic E-state index is 0.0827. The molecular formula is C26H37N3O4S. The number of hydrogen-bond acceptors (Lipinski definition) is 4. The van der Waals surface area contributed by atoms with Crippen LogP contribution in [0, 0.1) is 20.8 Å². The number of nitrogens with one attached hydrogen (secondary N) is 1. The van der Waals surface area contributed by atoms with Crippen LogP contribution >= 0.6 is 0 Å². The van der Waals surface area contributed by atoms with E-state index in [9.17, 15) is 18.0 Å². The molecule has 0 aliphatic carbocycles. The quantitative estimate of drug-likeness (QED) is 0.554. The second kappa shape index (κ2) is 11.5. The van der Waals surface area contributed by atoms with E-state index in [1.54, 1.807) is 12.1 Å². The Kier molecular flexibility index (Phi) is 9.27. The molecule has 0 radical (unpaired) electrons. The average Bonchev–Trinajstić information content (AvgIpc) is 2.71. The Labute approximate surface area is 204 Å². The van der Waals surface area contributed by atoms with E-state index in [0.717, 1.165) is 32.8 Å². The summed E-state index contributed by atoms with van der Waals surface area (Å²) in [5.41, 5.74) is 4.19. The Morgan fingerprint density at radius 2 is 1.50 bits per heavy atom. The van der Waals surface area contributed by atoms with Crippen LogP contribution in [-0.2, 0) is 26.2 Å². The largest absolute Gasteiger partial charge is 0.352 e. The first-order valence-electron chi connectivity index (χ1n) is 11.5. The van der Waals surface area contributed by atoms with Crippen molar-refractivity contribution in [3.05, 3.63) is 64.7 Å². The zero-order valence-corrected chi connectivity index (χ0v) is 22.1. The lowest BCUT2D eigenvalue weighted by molar-refractivity contribution is -0.140. The molecular weight excluding hydrogens is 450 g/mol. The molecule has 0 saturated carbocycles. The van der Waals surface area contributed by atoms with Gasteiger partial charge in [-0.25, -0.2) is 8.42 Å². The topological polar surface area (TPSA) is 86.8 Å². The van der Waals surface area contributed by atoms with Crippen molar-refractivity contribution in [2.45, 2.75) is 66.6 Å². The molecule has 2 aromatic rings. The van der Waals surface area contributed by atoms with Gasteiger partial charge < -0.3 is 10.2 Å². The summed E-state index contributed by atoms with van der Waals surface area (Å²) in [6, 6.07) is 12.4. The predicted octanol–water partition coefficient (Wildman–Crippen LogP) is 3.71. The van der Waals surface area contributed by atoms with E-state index in [-0.39, 0.29) is 25.0 Å². The molecule has 0 aliphatic rings. The van der Waals surface area contributed by atoms with Crippen LogP contribution in [0.5, 0.6) is 0 Å². The van der Waals surface area contributed by atoms with E-state index in [2.05, 4.69) is 5.32 Å². The lowest BCUT2D eigenvalue weighted by Crippen LogP contribution is -2.53. The normalized spacial score (nSPS) is 12.4.